The summed E-state index contributed by atoms with van der Waals surface area (Å²) in [4.78, 5) is 25.5. The third kappa shape index (κ3) is 4.84. The van der Waals surface area contributed by atoms with Crippen molar-refractivity contribution in [2.75, 3.05) is 6.61 Å². The maximum atomic E-state index is 12.7. The lowest BCUT2D eigenvalue weighted by atomic mass is 10.2. The number of halogens is 2. The molecule has 1 aliphatic rings. The number of phenolic OH excluding ortho intramolecular Hbond substituents is 1. The molecule has 2 amide bonds. The number of phenols is 1. The topological polar surface area (TPSA) is 78.9 Å². The molecule has 1 aliphatic heterocycles. The minimum Gasteiger partial charge on any atom is -0.504 e. The van der Waals surface area contributed by atoms with Crippen LogP contribution in [0.3, 0.4) is 0 Å². The standard InChI is InChI=1S/C19H14Cl2N2O4S2/c1-2-27-15-7-10(3-6-14(15)24)8-16-18(26)23(19(28)29-16)22-17(25)12-5-4-11(20)9-13(12)21/h3-9,24H,2H2,1H3,(H,22,25). The number of thioether (sulfide) groups is 1. The van der Waals surface area contributed by atoms with Crippen LogP contribution in [-0.4, -0.2) is 32.9 Å². The van der Waals surface area contributed by atoms with Gasteiger partial charge in [0.2, 0.25) is 0 Å². The molecule has 0 unspecified atom stereocenters. The van der Waals surface area contributed by atoms with Gasteiger partial charge in [-0.15, -0.1) is 0 Å². The number of hydrogen-bond acceptors (Lipinski definition) is 6. The number of rotatable bonds is 5. The van der Waals surface area contributed by atoms with Crippen LogP contribution in [0.15, 0.2) is 41.3 Å². The van der Waals surface area contributed by atoms with Crippen LogP contribution in [0.1, 0.15) is 22.8 Å². The maximum absolute atomic E-state index is 12.7. The van der Waals surface area contributed by atoms with E-state index in [1.54, 1.807) is 25.1 Å². The fourth-order valence-corrected chi connectivity index (χ4v) is 4.12. The zero-order valence-corrected chi connectivity index (χ0v) is 18.1. The molecule has 0 bridgehead atoms. The summed E-state index contributed by atoms with van der Waals surface area (Å²) in [5.74, 6) is -0.761. The average molecular weight is 469 g/mol. The Morgan fingerprint density at radius 1 is 1.31 bits per heavy atom. The first kappa shape index (κ1) is 21.4. The van der Waals surface area contributed by atoms with E-state index >= 15 is 0 Å². The van der Waals surface area contributed by atoms with Gasteiger partial charge in [0.1, 0.15) is 0 Å². The molecule has 10 heteroatoms. The zero-order valence-electron chi connectivity index (χ0n) is 14.9. The Bertz CT molecular complexity index is 1040. The van der Waals surface area contributed by atoms with Crippen LogP contribution in [0.25, 0.3) is 6.08 Å². The molecule has 2 aromatic carbocycles. The Hall–Kier alpha value is -2.26. The van der Waals surface area contributed by atoms with E-state index in [2.05, 4.69) is 5.43 Å². The molecule has 150 valence electrons. The minimum atomic E-state index is -0.590. The number of thiocarbonyl (C=S) groups is 1. The van der Waals surface area contributed by atoms with Crippen molar-refractivity contribution in [3.05, 3.63) is 62.5 Å². The van der Waals surface area contributed by atoms with Gasteiger partial charge in [0.25, 0.3) is 11.8 Å². The van der Waals surface area contributed by atoms with E-state index in [4.69, 9.17) is 40.2 Å². The largest absolute Gasteiger partial charge is 0.504 e. The van der Waals surface area contributed by atoms with Gasteiger partial charge in [0.05, 0.1) is 22.1 Å². The Balaban J connectivity index is 1.80. The van der Waals surface area contributed by atoms with Crippen molar-refractivity contribution in [1.82, 2.24) is 10.4 Å². The zero-order chi connectivity index (χ0) is 21.1. The van der Waals surface area contributed by atoms with Crippen LogP contribution in [0.5, 0.6) is 11.5 Å². The number of benzene rings is 2. The van der Waals surface area contributed by atoms with Gasteiger partial charge in [0, 0.05) is 5.02 Å². The molecule has 0 spiro atoms. The SMILES string of the molecule is CCOc1cc(C=C2SC(=S)N(NC(=O)c3ccc(Cl)cc3Cl)C2=O)ccc1O. The maximum Gasteiger partial charge on any atom is 0.285 e. The Morgan fingerprint density at radius 2 is 2.07 bits per heavy atom. The van der Waals surface area contributed by atoms with Crippen molar-refractivity contribution >= 4 is 69.4 Å². The number of nitrogens with one attached hydrogen (secondary N) is 1. The van der Waals surface area contributed by atoms with Gasteiger partial charge >= 0.3 is 0 Å². The molecule has 3 rings (SSSR count). The van der Waals surface area contributed by atoms with Gasteiger partial charge in [-0.2, -0.15) is 5.01 Å². The normalized spacial score (nSPS) is 15.1. The van der Waals surface area contributed by atoms with E-state index in [9.17, 15) is 14.7 Å². The van der Waals surface area contributed by atoms with E-state index in [1.165, 1.54) is 24.3 Å². The number of hydrogen-bond donors (Lipinski definition) is 2. The van der Waals surface area contributed by atoms with Crippen molar-refractivity contribution in [2.24, 2.45) is 0 Å². The van der Waals surface area contributed by atoms with Crippen molar-refractivity contribution in [1.29, 1.82) is 0 Å². The summed E-state index contributed by atoms with van der Waals surface area (Å²) in [6.45, 7) is 2.19. The second kappa shape index (κ2) is 9.04. The van der Waals surface area contributed by atoms with E-state index in [-0.39, 0.29) is 20.7 Å². The highest BCUT2D eigenvalue weighted by Gasteiger charge is 2.34. The lowest BCUT2D eigenvalue weighted by molar-refractivity contribution is -0.123. The number of hydrazine groups is 1. The van der Waals surface area contributed by atoms with E-state index in [0.29, 0.717) is 27.8 Å². The summed E-state index contributed by atoms with van der Waals surface area (Å²) < 4.78 is 5.52. The van der Waals surface area contributed by atoms with Crippen LogP contribution in [0.4, 0.5) is 0 Å². The molecule has 2 N–H and O–H groups in total. The number of carbonyl (C=O) groups is 2. The first-order valence-electron chi connectivity index (χ1n) is 8.30. The molecule has 1 saturated heterocycles. The molecule has 1 heterocycles. The first-order valence-corrected chi connectivity index (χ1v) is 10.3. The summed E-state index contributed by atoms with van der Waals surface area (Å²) in [6, 6.07) is 9.13. The monoisotopic (exact) mass is 468 g/mol. The van der Waals surface area contributed by atoms with Crippen molar-refractivity contribution < 1.29 is 19.4 Å². The number of aromatic hydroxyl groups is 1. The summed E-state index contributed by atoms with van der Waals surface area (Å²) >= 11 is 18.1. The second-order valence-electron chi connectivity index (χ2n) is 5.74. The lowest BCUT2D eigenvalue weighted by Gasteiger charge is -2.16. The summed E-state index contributed by atoms with van der Waals surface area (Å²) in [7, 11) is 0. The highest BCUT2D eigenvalue weighted by molar-refractivity contribution is 8.26. The van der Waals surface area contributed by atoms with Crippen LogP contribution in [-0.2, 0) is 4.79 Å². The predicted octanol–water partition coefficient (Wildman–Crippen LogP) is 4.64. The van der Waals surface area contributed by atoms with E-state index in [0.717, 1.165) is 16.8 Å². The fraction of sp³-hybridized carbons (Fsp3) is 0.105. The molecule has 0 atom stereocenters. The first-order chi connectivity index (χ1) is 13.8. The molecule has 0 aromatic heterocycles. The van der Waals surface area contributed by atoms with Crippen LogP contribution in [0.2, 0.25) is 10.0 Å². The minimum absolute atomic E-state index is 0.00338. The molecule has 6 nitrogen and oxygen atoms in total. The van der Waals surface area contributed by atoms with Gasteiger partial charge in [-0.3, -0.25) is 15.0 Å². The van der Waals surface area contributed by atoms with Gasteiger partial charge in [-0.25, -0.2) is 0 Å². The summed E-state index contributed by atoms with van der Waals surface area (Å²) in [5, 5.41) is 11.3. The molecule has 0 aliphatic carbocycles. The molecular weight excluding hydrogens is 455 g/mol. The van der Waals surface area contributed by atoms with E-state index in [1.807, 2.05) is 0 Å². The van der Waals surface area contributed by atoms with Crippen LogP contribution in [0, 0.1) is 0 Å². The van der Waals surface area contributed by atoms with Gasteiger partial charge in [0.15, 0.2) is 15.8 Å². The molecule has 1 fully saturated rings. The number of nitrogens with zero attached hydrogens (tertiary/aromatic N) is 1. The molecule has 0 saturated carbocycles. The van der Waals surface area contributed by atoms with E-state index < -0.39 is 11.8 Å². The van der Waals surface area contributed by atoms with Crippen molar-refractivity contribution in [3.63, 3.8) is 0 Å². The molecule has 0 radical (unpaired) electrons. The Morgan fingerprint density at radius 3 is 2.76 bits per heavy atom. The lowest BCUT2D eigenvalue weighted by Crippen LogP contribution is -2.44. The fourth-order valence-electron chi connectivity index (χ4n) is 2.44. The summed E-state index contributed by atoms with van der Waals surface area (Å²) in [6.07, 6.45) is 1.60. The third-order valence-electron chi connectivity index (χ3n) is 3.76. The number of amides is 2. The van der Waals surface area contributed by atoms with Crippen molar-refractivity contribution in [3.8, 4) is 11.5 Å². The van der Waals surface area contributed by atoms with Crippen LogP contribution >= 0.6 is 47.2 Å². The Kier molecular flexibility index (Phi) is 6.69. The highest BCUT2D eigenvalue weighted by atomic mass is 35.5. The highest BCUT2D eigenvalue weighted by Crippen LogP contribution is 2.34. The van der Waals surface area contributed by atoms with Gasteiger partial charge in [-0.05, 0) is 61.1 Å². The quantitative estimate of drug-likeness (QED) is 0.491. The molecular formula is C19H14Cl2N2O4S2. The Labute approximate surface area is 186 Å². The smallest absolute Gasteiger partial charge is 0.285 e. The summed E-state index contributed by atoms with van der Waals surface area (Å²) in [5.41, 5.74) is 3.26. The van der Waals surface area contributed by atoms with Crippen LogP contribution < -0.4 is 10.2 Å². The third-order valence-corrected chi connectivity index (χ3v) is 5.61. The van der Waals surface area contributed by atoms with Crippen molar-refractivity contribution in [2.45, 2.75) is 6.92 Å². The number of carbonyl (C=O) groups excluding carboxylic acids is 2. The molecule has 2 aromatic rings. The predicted molar refractivity (Wildman–Crippen MR) is 118 cm³/mol. The molecule has 29 heavy (non-hydrogen) atoms. The van der Waals surface area contributed by atoms with Gasteiger partial charge in [-0.1, -0.05) is 41.0 Å². The number of ether oxygens (including phenoxy) is 1. The second-order valence-corrected chi connectivity index (χ2v) is 8.26. The average Bonchev–Trinajstić information content (AvgIpc) is 2.92. The van der Waals surface area contributed by atoms with Gasteiger partial charge < -0.3 is 9.84 Å².